The second-order valence-corrected chi connectivity index (χ2v) is 9.39. The Bertz CT molecular complexity index is 1140. The van der Waals surface area contributed by atoms with Crippen molar-refractivity contribution in [1.29, 1.82) is 0 Å². The molecule has 0 aromatic heterocycles. The van der Waals surface area contributed by atoms with Crippen molar-refractivity contribution in [2.24, 2.45) is 0 Å². The summed E-state index contributed by atoms with van der Waals surface area (Å²) in [5.74, 6) is -0.0962. The fraction of sp³-hybridized carbons (Fsp3) is 0.320. The smallest absolute Gasteiger partial charge is 0.369 e. The van der Waals surface area contributed by atoms with Gasteiger partial charge in [0.2, 0.25) is 5.91 Å². The third-order valence-corrected chi connectivity index (χ3v) is 7.16. The Morgan fingerprint density at radius 3 is 2.29 bits per heavy atom. The first kappa shape index (κ1) is 25.4. The fourth-order valence-electron chi connectivity index (χ4n) is 4.24. The standard InChI is InChI=1S/C25H21F6NO2S/c26-24(27,28)23(34,25(29,30)31)18-11-12-19-21(14-18)35-15-20(17-9-5-2-6-10-17)32(19)22(33)13-16-7-3-1-4-8-16/h1,3-5,7-12,14,20,34H,2,6,13,15H2. The first-order chi connectivity index (χ1) is 16.4. The van der Waals surface area contributed by atoms with Gasteiger partial charge in [-0.15, -0.1) is 11.8 Å². The van der Waals surface area contributed by atoms with Crippen LogP contribution in [0.15, 0.2) is 77.2 Å². The van der Waals surface area contributed by atoms with Crippen LogP contribution in [-0.4, -0.2) is 35.2 Å². The van der Waals surface area contributed by atoms with Crippen LogP contribution in [-0.2, 0) is 16.8 Å². The average Bonchev–Trinajstić information content (AvgIpc) is 2.82. The van der Waals surface area contributed by atoms with Gasteiger partial charge in [0.1, 0.15) is 0 Å². The number of aliphatic hydroxyl groups is 1. The minimum atomic E-state index is -5.98. The summed E-state index contributed by atoms with van der Waals surface area (Å²) in [5.41, 5.74) is -4.57. The molecule has 0 saturated carbocycles. The zero-order valence-corrected chi connectivity index (χ0v) is 19.1. The number of alkyl halides is 6. The van der Waals surface area contributed by atoms with Crippen LogP contribution < -0.4 is 4.90 Å². The number of nitrogens with zero attached hydrogens (tertiary/aromatic N) is 1. The summed E-state index contributed by atoms with van der Waals surface area (Å²) in [6, 6.07) is 10.8. The van der Waals surface area contributed by atoms with E-state index in [0.29, 0.717) is 12.1 Å². The van der Waals surface area contributed by atoms with E-state index in [9.17, 15) is 36.2 Å². The molecule has 1 aliphatic heterocycles. The second-order valence-electron chi connectivity index (χ2n) is 8.33. The first-order valence-electron chi connectivity index (χ1n) is 10.8. The van der Waals surface area contributed by atoms with E-state index in [2.05, 4.69) is 0 Å². The Balaban J connectivity index is 1.78. The van der Waals surface area contributed by atoms with Crippen LogP contribution in [0.4, 0.5) is 32.0 Å². The van der Waals surface area contributed by atoms with E-state index in [-0.39, 0.29) is 28.7 Å². The van der Waals surface area contributed by atoms with Gasteiger partial charge in [-0.2, -0.15) is 26.3 Å². The number of benzene rings is 2. The molecule has 3 nitrogen and oxygen atoms in total. The number of hydrogen-bond acceptors (Lipinski definition) is 3. The Hall–Kier alpha value is -2.72. The average molecular weight is 514 g/mol. The minimum Gasteiger partial charge on any atom is -0.369 e. The van der Waals surface area contributed by atoms with Crippen molar-refractivity contribution in [2.75, 3.05) is 10.7 Å². The topological polar surface area (TPSA) is 40.5 Å². The van der Waals surface area contributed by atoms with Crippen molar-refractivity contribution in [3.63, 3.8) is 0 Å². The number of halogens is 6. The highest BCUT2D eigenvalue weighted by atomic mass is 32.2. The van der Waals surface area contributed by atoms with E-state index in [1.54, 1.807) is 30.3 Å². The summed E-state index contributed by atoms with van der Waals surface area (Å²) < 4.78 is 80.5. The maximum Gasteiger partial charge on any atom is 0.430 e. The van der Waals surface area contributed by atoms with Crippen molar-refractivity contribution in [3.05, 3.63) is 83.5 Å². The van der Waals surface area contributed by atoms with Crippen molar-refractivity contribution < 1.29 is 36.2 Å². The Kier molecular flexibility index (Phi) is 6.80. The molecule has 186 valence electrons. The quantitative estimate of drug-likeness (QED) is 0.486. The Labute approximate surface area is 202 Å². The van der Waals surface area contributed by atoms with Gasteiger partial charge in [0.15, 0.2) is 0 Å². The van der Waals surface area contributed by atoms with Crippen molar-refractivity contribution in [2.45, 2.75) is 48.2 Å². The van der Waals surface area contributed by atoms with Gasteiger partial charge in [-0.25, -0.2) is 0 Å². The summed E-state index contributed by atoms with van der Waals surface area (Å²) in [7, 11) is 0. The number of rotatable bonds is 4. The molecule has 1 atom stereocenters. The molecular weight excluding hydrogens is 492 g/mol. The number of fused-ring (bicyclic) bond motifs is 1. The van der Waals surface area contributed by atoms with Gasteiger partial charge < -0.3 is 10.0 Å². The van der Waals surface area contributed by atoms with Crippen LogP contribution in [0.25, 0.3) is 0 Å². The number of hydrogen-bond donors (Lipinski definition) is 1. The maximum atomic E-state index is 13.4. The molecule has 2 aromatic rings. The molecule has 4 rings (SSSR count). The number of carbonyl (C=O) groups is 1. The summed E-state index contributed by atoms with van der Waals surface area (Å²) in [4.78, 5) is 15.0. The van der Waals surface area contributed by atoms with Crippen molar-refractivity contribution in [3.8, 4) is 0 Å². The third kappa shape index (κ3) is 4.73. The zero-order valence-electron chi connectivity index (χ0n) is 18.2. The van der Waals surface area contributed by atoms with E-state index in [4.69, 9.17) is 0 Å². The van der Waals surface area contributed by atoms with E-state index >= 15 is 0 Å². The number of carbonyl (C=O) groups excluding carboxylic acids is 1. The van der Waals surface area contributed by atoms with Crippen LogP contribution in [0.5, 0.6) is 0 Å². The van der Waals surface area contributed by atoms with Gasteiger partial charge in [0, 0.05) is 16.2 Å². The molecule has 1 N–H and O–H groups in total. The van der Waals surface area contributed by atoms with E-state index in [1.807, 2.05) is 18.2 Å². The Morgan fingerprint density at radius 2 is 1.69 bits per heavy atom. The lowest BCUT2D eigenvalue weighted by molar-refractivity contribution is -0.376. The summed E-state index contributed by atoms with van der Waals surface area (Å²) >= 11 is 1.06. The highest BCUT2D eigenvalue weighted by Crippen LogP contribution is 2.52. The predicted octanol–water partition coefficient (Wildman–Crippen LogP) is 6.33. The van der Waals surface area contributed by atoms with Gasteiger partial charge >= 0.3 is 12.4 Å². The monoisotopic (exact) mass is 513 g/mol. The number of anilines is 1. The van der Waals surface area contributed by atoms with Crippen LogP contribution in [0.3, 0.4) is 0 Å². The lowest BCUT2D eigenvalue weighted by Gasteiger charge is -2.39. The summed E-state index contributed by atoms with van der Waals surface area (Å²) in [5, 5.41) is 9.82. The van der Waals surface area contributed by atoms with Crippen molar-refractivity contribution in [1.82, 2.24) is 0 Å². The molecule has 0 fully saturated rings. The molecule has 10 heteroatoms. The normalized spacial score (nSPS) is 18.8. The van der Waals surface area contributed by atoms with Crippen LogP contribution >= 0.6 is 11.8 Å². The van der Waals surface area contributed by atoms with Gasteiger partial charge in [0.25, 0.3) is 5.60 Å². The maximum absolute atomic E-state index is 13.4. The predicted molar refractivity (Wildman–Crippen MR) is 121 cm³/mol. The van der Waals surface area contributed by atoms with Crippen LogP contribution in [0, 0.1) is 0 Å². The molecule has 1 unspecified atom stereocenters. The highest BCUT2D eigenvalue weighted by molar-refractivity contribution is 7.99. The summed E-state index contributed by atoms with van der Waals surface area (Å²) in [6.07, 6.45) is -4.51. The molecule has 1 aliphatic carbocycles. The minimum absolute atomic E-state index is 0.00916. The molecule has 1 heterocycles. The molecule has 1 amide bonds. The molecule has 35 heavy (non-hydrogen) atoms. The number of allylic oxidation sites excluding steroid dienone is 2. The van der Waals surface area contributed by atoms with Crippen molar-refractivity contribution >= 4 is 23.4 Å². The largest absolute Gasteiger partial charge is 0.430 e. The fourth-order valence-corrected chi connectivity index (χ4v) is 5.45. The van der Waals surface area contributed by atoms with E-state index < -0.39 is 29.6 Å². The van der Waals surface area contributed by atoms with Crippen LogP contribution in [0.2, 0.25) is 0 Å². The number of thioether (sulfide) groups is 1. The molecular formula is C25H21F6NO2S. The number of amides is 1. The molecule has 0 bridgehead atoms. The zero-order chi connectivity index (χ0) is 25.4. The highest BCUT2D eigenvalue weighted by Gasteiger charge is 2.71. The lowest BCUT2D eigenvalue weighted by Crippen LogP contribution is -2.54. The molecule has 0 saturated heterocycles. The van der Waals surface area contributed by atoms with Gasteiger partial charge in [-0.1, -0.05) is 54.6 Å². The van der Waals surface area contributed by atoms with Gasteiger partial charge in [-0.3, -0.25) is 4.79 Å². The molecule has 2 aliphatic rings. The lowest BCUT2D eigenvalue weighted by atomic mass is 9.91. The molecule has 0 radical (unpaired) electrons. The molecule has 2 aromatic carbocycles. The second kappa shape index (κ2) is 9.39. The summed E-state index contributed by atoms with van der Waals surface area (Å²) in [6.45, 7) is 0. The van der Waals surface area contributed by atoms with Gasteiger partial charge in [-0.05, 0) is 36.1 Å². The van der Waals surface area contributed by atoms with E-state index in [0.717, 1.165) is 41.8 Å². The van der Waals surface area contributed by atoms with E-state index in [1.165, 1.54) is 4.90 Å². The Morgan fingerprint density at radius 1 is 1.00 bits per heavy atom. The first-order valence-corrected chi connectivity index (χ1v) is 11.8. The van der Waals surface area contributed by atoms with Gasteiger partial charge in [0.05, 0.1) is 18.2 Å². The molecule has 0 spiro atoms. The third-order valence-electron chi connectivity index (χ3n) is 6.04. The SMILES string of the molecule is O=C(Cc1ccccc1)N1c2ccc(C(O)(C(F)(F)F)C(F)(F)F)cc2SCC1C1=CCCC=C1. The van der Waals surface area contributed by atoms with Crippen LogP contribution in [0.1, 0.15) is 24.0 Å².